The number of hydrogen-bond donors (Lipinski definition) is 2. The molecule has 1 aromatic carbocycles. The smallest absolute Gasteiger partial charge is 0.225 e. The summed E-state index contributed by atoms with van der Waals surface area (Å²) < 4.78 is 0. The third-order valence-corrected chi connectivity index (χ3v) is 8.33. The second-order valence-electron chi connectivity index (χ2n) is 9.03. The summed E-state index contributed by atoms with van der Waals surface area (Å²) in [6.45, 7) is 2.07. The molecule has 4 nitrogen and oxygen atoms in total. The lowest BCUT2D eigenvalue weighted by atomic mass is 9.54. The Morgan fingerprint density at radius 1 is 1.00 bits per heavy atom. The molecule has 4 saturated carbocycles. The summed E-state index contributed by atoms with van der Waals surface area (Å²) in [4.78, 5) is 25.7. The van der Waals surface area contributed by atoms with E-state index in [9.17, 15) is 9.59 Å². The Morgan fingerprint density at radius 3 is 2.12 bits per heavy atom. The molecule has 0 aliphatic heterocycles. The normalized spacial score (nSPS) is 38.7. The second-order valence-corrected chi connectivity index (χ2v) is 9.03. The van der Waals surface area contributed by atoms with Gasteiger partial charge in [0.05, 0.1) is 11.3 Å². The van der Waals surface area contributed by atoms with Gasteiger partial charge in [0.15, 0.2) is 0 Å². The van der Waals surface area contributed by atoms with Crippen LogP contribution in [0.3, 0.4) is 0 Å². The molecule has 0 radical (unpaired) electrons. The maximum absolute atomic E-state index is 13.1. The predicted molar refractivity (Wildman–Crippen MR) is 94.3 cm³/mol. The maximum Gasteiger partial charge on any atom is 0.225 e. The first-order valence-electron chi connectivity index (χ1n) is 9.56. The summed E-state index contributed by atoms with van der Waals surface area (Å²) in [7, 11) is 0. The van der Waals surface area contributed by atoms with Gasteiger partial charge in [0.2, 0.25) is 11.8 Å². The summed E-state index contributed by atoms with van der Waals surface area (Å²) >= 11 is 0. The third kappa shape index (κ3) is 1.55. The molecule has 4 heteroatoms. The van der Waals surface area contributed by atoms with Crippen molar-refractivity contribution in [2.45, 2.75) is 50.9 Å². The van der Waals surface area contributed by atoms with Crippen LogP contribution >= 0.6 is 0 Å². The van der Waals surface area contributed by atoms with Gasteiger partial charge in [0, 0.05) is 5.41 Å². The second kappa shape index (κ2) is 4.46. The van der Waals surface area contributed by atoms with E-state index in [1.165, 1.54) is 11.1 Å². The van der Waals surface area contributed by atoms with Crippen LogP contribution in [0.5, 0.6) is 0 Å². The van der Waals surface area contributed by atoms with Crippen molar-refractivity contribution < 1.29 is 9.59 Å². The van der Waals surface area contributed by atoms with Gasteiger partial charge in [0.1, 0.15) is 0 Å². The van der Waals surface area contributed by atoms with Gasteiger partial charge >= 0.3 is 0 Å². The number of benzene rings is 1. The summed E-state index contributed by atoms with van der Waals surface area (Å²) in [6, 6.07) is 8.47. The number of carbonyl (C=O) groups is 2. The lowest BCUT2D eigenvalue weighted by molar-refractivity contribution is -0.146. The Bertz CT molecular complexity index is 776. The van der Waals surface area contributed by atoms with Crippen molar-refractivity contribution in [3.05, 3.63) is 35.4 Å². The molecule has 132 valence electrons. The van der Waals surface area contributed by atoms with Gasteiger partial charge in [-0.25, -0.2) is 0 Å². The summed E-state index contributed by atoms with van der Waals surface area (Å²) in [6.07, 6.45) is 6.17. The summed E-state index contributed by atoms with van der Waals surface area (Å²) in [5.74, 6) is -0.507. The van der Waals surface area contributed by atoms with E-state index in [1.54, 1.807) is 0 Å². The number of carbonyl (C=O) groups excluding carboxylic acids is 2. The van der Waals surface area contributed by atoms with Crippen molar-refractivity contribution in [1.29, 1.82) is 0 Å². The first-order chi connectivity index (χ1) is 11.9. The molecule has 1 spiro atoms. The fourth-order valence-electron chi connectivity index (χ4n) is 7.31. The molecule has 0 saturated heterocycles. The van der Waals surface area contributed by atoms with Gasteiger partial charge in [0.25, 0.3) is 0 Å². The van der Waals surface area contributed by atoms with E-state index >= 15 is 0 Å². The molecular weight excluding hydrogens is 312 g/mol. The minimum absolute atomic E-state index is 0.162. The zero-order chi connectivity index (χ0) is 17.6. The summed E-state index contributed by atoms with van der Waals surface area (Å²) in [5.41, 5.74) is 13.5. The zero-order valence-electron chi connectivity index (χ0n) is 14.8. The fourth-order valence-corrected chi connectivity index (χ4v) is 7.31. The molecule has 25 heavy (non-hydrogen) atoms. The maximum atomic E-state index is 13.1. The lowest BCUT2D eigenvalue weighted by Gasteiger charge is -2.47. The molecule has 0 aromatic heterocycles. The highest BCUT2D eigenvalue weighted by molar-refractivity contribution is 5.93. The van der Waals surface area contributed by atoms with Gasteiger partial charge in [-0.3, -0.25) is 9.59 Å². The van der Waals surface area contributed by atoms with Gasteiger partial charge in [-0.2, -0.15) is 0 Å². The summed E-state index contributed by atoms with van der Waals surface area (Å²) in [5, 5.41) is 0. The van der Waals surface area contributed by atoms with Crippen LogP contribution < -0.4 is 11.5 Å². The Labute approximate surface area is 148 Å². The fraction of sp³-hybridized carbons (Fsp3) is 0.619. The molecule has 1 aromatic rings. The van der Waals surface area contributed by atoms with E-state index in [0.717, 1.165) is 38.5 Å². The van der Waals surface area contributed by atoms with Crippen LogP contribution in [0.25, 0.3) is 0 Å². The highest BCUT2D eigenvalue weighted by Crippen LogP contribution is 2.84. The van der Waals surface area contributed by atoms with Gasteiger partial charge in [-0.1, -0.05) is 29.8 Å². The lowest BCUT2D eigenvalue weighted by Crippen LogP contribution is -2.58. The molecule has 4 aliphatic carbocycles. The van der Waals surface area contributed by atoms with Crippen LogP contribution in [0.4, 0.5) is 0 Å². The van der Waals surface area contributed by atoms with Crippen molar-refractivity contribution in [2.24, 2.45) is 40.1 Å². The number of primary amides is 2. The predicted octanol–water partition coefficient (Wildman–Crippen LogP) is 2.42. The Hall–Kier alpha value is -1.84. The third-order valence-electron chi connectivity index (χ3n) is 8.33. The van der Waals surface area contributed by atoms with Crippen molar-refractivity contribution in [3.63, 3.8) is 0 Å². The highest BCUT2D eigenvalue weighted by Gasteiger charge is 2.83. The van der Waals surface area contributed by atoms with E-state index in [0.29, 0.717) is 0 Å². The Morgan fingerprint density at radius 2 is 1.64 bits per heavy atom. The topological polar surface area (TPSA) is 86.2 Å². The van der Waals surface area contributed by atoms with Crippen molar-refractivity contribution in [3.8, 4) is 0 Å². The van der Waals surface area contributed by atoms with E-state index < -0.39 is 11.3 Å². The number of rotatable bonds is 4. The zero-order valence-corrected chi connectivity index (χ0v) is 14.8. The minimum Gasteiger partial charge on any atom is -0.369 e. The number of amides is 2. The number of nitrogens with two attached hydrogens (primary N) is 2. The number of aryl methyl sites for hydroxylation is 1. The van der Waals surface area contributed by atoms with Crippen LogP contribution in [0, 0.1) is 35.5 Å². The van der Waals surface area contributed by atoms with E-state index in [4.69, 9.17) is 11.5 Å². The van der Waals surface area contributed by atoms with Crippen LogP contribution in [0.2, 0.25) is 0 Å². The Balaban J connectivity index is 1.73. The van der Waals surface area contributed by atoms with Crippen molar-refractivity contribution >= 4 is 11.8 Å². The molecule has 5 rings (SSSR count). The Kier molecular flexibility index (Phi) is 2.75. The highest BCUT2D eigenvalue weighted by atomic mass is 16.2. The van der Waals surface area contributed by atoms with Crippen LogP contribution in [0.1, 0.15) is 49.7 Å². The van der Waals surface area contributed by atoms with Gasteiger partial charge in [-0.15, -0.1) is 0 Å². The first kappa shape index (κ1) is 15.4. The molecule has 4 N–H and O–H groups in total. The first-order valence-corrected chi connectivity index (χ1v) is 9.56. The van der Waals surface area contributed by atoms with E-state index in [1.807, 2.05) is 0 Å². The minimum atomic E-state index is -0.784. The molecule has 4 atom stereocenters. The SMILES string of the molecule is Cc1ccc(C2(C3(C(N)=O)C(C(N)=O)C4CCC3C43CC3)CC2)cc1. The molecule has 2 amide bonds. The average molecular weight is 338 g/mol. The monoisotopic (exact) mass is 338 g/mol. The van der Waals surface area contributed by atoms with E-state index in [-0.39, 0.29) is 34.5 Å². The van der Waals surface area contributed by atoms with Crippen LogP contribution in [-0.2, 0) is 15.0 Å². The molecular formula is C21H26N2O2. The van der Waals surface area contributed by atoms with Gasteiger partial charge < -0.3 is 11.5 Å². The molecule has 0 heterocycles. The standard InChI is InChI=1S/C21H26N2O2/c1-12-2-4-13(5-3-12)20(10-11-20)21(18(23)25)15-7-6-14(16(21)17(22)24)19(15)8-9-19/h2-5,14-16H,6-11H2,1H3,(H2,22,24)(H2,23,25). The van der Waals surface area contributed by atoms with Crippen molar-refractivity contribution in [1.82, 2.24) is 0 Å². The molecule has 4 fully saturated rings. The molecule has 4 aliphatic rings. The average Bonchev–Trinajstić information content (AvgIpc) is 3.46. The quantitative estimate of drug-likeness (QED) is 0.883. The molecule has 4 unspecified atom stereocenters. The van der Waals surface area contributed by atoms with Crippen LogP contribution in [0.15, 0.2) is 24.3 Å². The number of hydrogen-bond acceptors (Lipinski definition) is 2. The van der Waals surface area contributed by atoms with Crippen LogP contribution in [-0.4, -0.2) is 11.8 Å². The van der Waals surface area contributed by atoms with Crippen molar-refractivity contribution in [2.75, 3.05) is 0 Å². The largest absolute Gasteiger partial charge is 0.369 e. The van der Waals surface area contributed by atoms with Gasteiger partial charge in [-0.05, 0) is 68.3 Å². The van der Waals surface area contributed by atoms with E-state index in [2.05, 4.69) is 31.2 Å². The molecule has 2 bridgehead atoms.